The van der Waals surface area contributed by atoms with Crippen LogP contribution in [0, 0.1) is 5.92 Å². The van der Waals surface area contributed by atoms with Crippen LogP contribution in [0.4, 0.5) is 0 Å². The normalized spacial score (nSPS) is 28.4. The van der Waals surface area contributed by atoms with Crippen LogP contribution in [0.5, 0.6) is 0 Å². The fourth-order valence-electron chi connectivity index (χ4n) is 3.22. The number of piperidine rings is 1. The van der Waals surface area contributed by atoms with Gasteiger partial charge >= 0.3 is 0 Å². The molecule has 0 spiro atoms. The molecule has 2 heterocycles. The number of halogens is 1. The first-order valence-corrected chi connectivity index (χ1v) is 8.61. The maximum absolute atomic E-state index is 11.9. The summed E-state index contributed by atoms with van der Waals surface area (Å²) in [6, 6.07) is 0.259. The Morgan fingerprint density at radius 2 is 1.72 bits per heavy atom. The monoisotopic (exact) mass is 296 g/mol. The van der Waals surface area contributed by atoms with Crippen LogP contribution in [0.25, 0.3) is 0 Å². The molecule has 1 atom stereocenters. The van der Waals surface area contributed by atoms with Gasteiger partial charge in [0.05, 0.1) is 6.26 Å². The van der Waals surface area contributed by atoms with Crippen molar-refractivity contribution in [2.24, 2.45) is 5.92 Å². The van der Waals surface area contributed by atoms with Crippen molar-refractivity contribution >= 4 is 22.4 Å². The van der Waals surface area contributed by atoms with Gasteiger partial charge in [-0.3, -0.25) is 0 Å². The minimum absolute atomic E-state index is 0. The summed E-state index contributed by atoms with van der Waals surface area (Å²) in [5.41, 5.74) is 0. The average molecular weight is 297 g/mol. The molecule has 0 aromatic heterocycles. The van der Waals surface area contributed by atoms with Crippen LogP contribution in [-0.4, -0.2) is 44.7 Å². The molecule has 18 heavy (non-hydrogen) atoms. The summed E-state index contributed by atoms with van der Waals surface area (Å²) >= 11 is 0. The van der Waals surface area contributed by atoms with E-state index in [1.807, 2.05) is 0 Å². The number of nitrogens with one attached hydrogen (secondary N) is 1. The third-order valence-corrected chi connectivity index (χ3v) is 5.41. The maximum Gasteiger partial charge on any atom is 0.211 e. The van der Waals surface area contributed by atoms with Crippen LogP contribution in [0.1, 0.15) is 38.5 Å². The molecule has 2 saturated heterocycles. The van der Waals surface area contributed by atoms with E-state index in [0.717, 1.165) is 45.3 Å². The average Bonchev–Trinajstić information content (AvgIpc) is 2.54. The Kier molecular flexibility index (Phi) is 6.38. The topological polar surface area (TPSA) is 49.4 Å². The molecule has 0 amide bonds. The van der Waals surface area contributed by atoms with Crippen LogP contribution >= 0.6 is 12.4 Å². The molecule has 2 aliphatic heterocycles. The highest BCUT2D eigenvalue weighted by Crippen LogP contribution is 2.29. The van der Waals surface area contributed by atoms with Crippen molar-refractivity contribution in [1.29, 1.82) is 0 Å². The predicted octanol–water partition coefficient (Wildman–Crippen LogP) is 1.61. The molecule has 1 unspecified atom stereocenters. The highest BCUT2D eigenvalue weighted by atomic mass is 35.5. The summed E-state index contributed by atoms with van der Waals surface area (Å²) in [4.78, 5) is 0. The molecule has 2 rings (SSSR count). The number of rotatable bonds is 2. The Hall–Kier alpha value is 0.160. The van der Waals surface area contributed by atoms with Gasteiger partial charge in [-0.25, -0.2) is 8.42 Å². The molecule has 6 heteroatoms. The summed E-state index contributed by atoms with van der Waals surface area (Å²) in [6.45, 7) is 2.81. The fraction of sp³-hybridized carbons (Fsp3) is 1.00. The van der Waals surface area contributed by atoms with E-state index in [-0.39, 0.29) is 18.4 Å². The Morgan fingerprint density at radius 1 is 1.06 bits per heavy atom. The lowest BCUT2D eigenvalue weighted by atomic mass is 9.88. The SMILES string of the molecule is CS(=O)(=O)N1CCCCCC1C1CCNCC1.Cl. The standard InChI is InChI=1S/C12H24N2O2S.ClH/c1-17(15,16)14-10-4-2-3-5-12(14)11-6-8-13-9-7-11;/h11-13H,2-10H2,1H3;1H. The van der Waals surface area contributed by atoms with E-state index in [4.69, 9.17) is 0 Å². The zero-order valence-corrected chi connectivity index (χ0v) is 12.7. The molecule has 0 aromatic carbocycles. The van der Waals surface area contributed by atoms with E-state index < -0.39 is 10.0 Å². The van der Waals surface area contributed by atoms with Crippen molar-refractivity contribution in [1.82, 2.24) is 9.62 Å². The summed E-state index contributed by atoms with van der Waals surface area (Å²) in [5, 5.41) is 3.36. The van der Waals surface area contributed by atoms with Gasteiger partial charge in [-0.05, 0) is 44.7 Å². The van der Waals surface area contributed by atoms with Gasteiger partial charge in [0, 0.05) is 12.6 Å². The smallest absolute Gasteiger partial charge is 0.211 e. The molecule has 0 saturated carbocycles. The molecule has 0 radical (unpaired) electrons. The minimum atomic E-state index is -3.03. The molecule has 2 fully saturated rings. The number of nitrogens with zero attached hydrogens (tertiary/aromatic N) is 1. The van der Waals surface area contributed by atoms with Gasteiger partial charge in [-0.2, -0.15) is 4.31 Å². The van der Waals surface area contributed by atoms with Gasteiger partial charge < -0.3 is 5.32 Å². The zero-order chi connectivity index (χ0) is 12.3. The van der Waals surface area contributed by atoms with Gasteiger partial charge in [0.1, 0.15) is 0 Å². The second-order valence-electron chi connectivity index (χ2n) is 5.38. The molecule has 1 N–H and O–H groups in total. The van der Waals surface area contributed by atoms with E-state index in [0.29, 0.717) is 5.92 Å². The van der Waals surface area contributed by atoms with E-state index in [2.05, 4.69) is 5.32 Å². The van der Waals surface area contributed by atoms with Crippen LogP contribution in [0.15, 0.2) is 0 Å². The molecule has 0 aliphatic carbocycles. The van der Waals surface area contributed by atoms with Crippen LogP contribution < -0.4 is 5.32 Å². The summed E-state index contributed by atoms with van der Waals surface area (Å²) < 4.78 is 25.6. The summed E-state index contributed by atoms with van der Waals surface area (Å²) in [7, 11) is -3.03. The Balaban J connectivity index is 0.00000162. The molecular weight excluding hydrogens is 272 g/mol. The lowest BCUT2D eigenvalue weighted by Crippen LogP contribution is -2.46. The van der Waals surface area contributed by atoms with E-state index >= 15 is 0 Å². The van der Waals surface area contributed by atoms with Gasteiger partial charge in [0.2, 0.25) is 10.0 Å². The Labute approximate surface area is 117 Å². The van der Waals surface area contributed by atoms with Crippen LogP contribution in [0.3, 0.4) is 0 Å². The molecular formula is C12H25ClN2O2S. The van der Waals surface area contributed by atoms with Gasteiger partial charge in [-0.1, -0.05) is 12.8 Å². The minimum Gasteiger partial charge on any atom is -0.317 e. The van der Waals surface area contributed by atoms with Crippen molar-refractivity contribution in [3.63, 3.8) is 0 Å². The Bertz CT molecular complexity index is 342. The molecule has 4 nitrogen and oxygen atoms in total. The third kappa shape index (κ3) is 4.08. The van der Waals surface area contributed by atoms with Gasteiger partial charge in [0.25, 0.3) is 0 Å². The quantitative estimate of drug-likeness (QED) is 0.842. The predicted molar refractivity (Wildman–Crippen MR) is 76.6 cm³/mol. The van der Waals surface area contributed by atoms with Gasteiger partial charge in [-0.15, -0.1) is 12.4 Å². The first-order valence-electron chi connectivity index (χ1n) is 6.76. The maximum atomic E-state index is 11.9. The van der Waals surface area contributed by atoms with Crippen molar-refractivity contribution in [3.8, 4) is 0 Å². The zero-order valence-electron chi connectivity index (χ0n) is 11.1. The number of hydrogen-bond acceptors (Lipinski definition) is 3. The van der Waals surface area contributed by atoms with E-state index in [1.165, 1.54) is 19.1 Å². The number of sulfonamides is 1. The largest absolute Gasteiger partial charge is 0.317 e. The lowest BCUT2D eigenvalue weighted by Gasteiger charge is -2.36. The first kappa shape index (κ1) is 16.2. The Morgan fingerprint density at radius 3 is 2.33 bits per heavy atom. The van der Waals surface area contributed by atoms with Crippen LogP contribution in [-0.2, 0) is 10.0 Å². The first-order chi connectivity index (χ1) is 8.09. The van der Waals surface area contributed by atoms with E-state index in [9.17, 15) is 8.42 Å². The van der Waals surface area contributed by atoms with Crippen molar-refractivity contribution in [2.75, 3.05) is 25.9 Å². The van der Waals surface area contributed by atoms with Crippen LogP contribution in [0.2, 0.25) is 0 Å². The van der Waals surface area contributed by atoms with Crippen molar-refractivity contribution in [2.45, 2.75) is 44.6 Å². The molecule has 108 valence electrons. The number of hydrogen-bond donors (Lipinski definition) is 1. The third-order valence-electron chi connectivity index (χ3n) is 4.10. The fourth-order valence-corrected chi connectivity index (χ4v) is 4.45. The summed E-state index contributed by atoms with van der Waals surface area (Å²) in [5.74, 6) is 0.559. The summed E-state index contributed by atoms with van der Waals surface area (Å²) in [6.07, 6.45) is 8.04. The van der Waals surface area contributed by atoms with Crippen molar-refractivity contribution in [3.05, 3.63) is 0 Å². The molecule has 0 bridgehead atoms. The second-order valence-corrected chi connectivity index (χ2v) is 7.31. The van der Waals surface area contributed by atoms with E-state index in [1.54, 1.807) is 4.31 Å². The lowest BCUT2D eigenvalue weighted by molar-refractivity contribution is 0.198. The highest BCUT2D eigenvalue weighted by Gasteiger charge is 2.34. The van der Waals surface area contributed by atoms with Crippen molar-refractivity contribution < 1.29 is 8.42 Å². The molecule has 2 aliphatic rings. The molecule has 0 aromatic rings. The highest BCUT2D eigenvalue weighted by molar-refractivity contribution is 7.88. The second kappa shape index (κ2) is 7.08. The van der Waals surface area contributed by atoms with Gasteiger partial charge in [0.15, 0.2) is 0 Å².